The number of hydrogen-bond acceptors (Lipinski definition) is 3. The van der Waals surface area contributed by atoms with Gasteiger partial charge in [-0.15, -0.1) is 0 Å². The number of aryl methyl sites for hydroxylation is 1. The second kappa shape index (κ2) is 5.07. The summed E-state index contributed by atoms with van der Waals surface area (Å²) in [6.07, 6.45) is 2.20. The van der Waals surface area contributed by atoms with Gasteiger partial charge in [-0.2, -0.15) is 0 Å². The Morgan fingerprint density at radius 3 is 2.76 bits per heavy atom. The van der Waals surface area contributed by atoms with Gasteiger partial charge in [0.05, 0.1) is 12.1 Å². The number of likely N-dealkylation sites (N-methyl/N-ethyl adjacent to an activating group) is 1. The van der Waals surface area contributed by atoms with Gasteiger partial charge in [0.15, 0.2) is 0 Å². The molecule has 3 heteroatoms. The molecule has 1 aliphatic rings. The fourth-order valence-corrected chi connectivity index (χ4v) is 2.60. The molecule has 0 spiro atoms. The molecule has 1 unspecified atom stereocenters. The van der Waals surface area contributed by atoms with E-state index in [9.17, 15) is 0 Å². The standard InChI is InChI=1S/C14H22N2O/c1-12-6-3-4-7-13(12)16(2)14(10-15)8-5-9-17-11-14/h3-4,6-7H,5,8-11,15H2,1-2H3. The Balaban J connectivity index is 2.28. The molecular weight excluding hydrogens is 212 g/mol. The zero-order valence-corrected chi connectivity index (χ0v) is 10.8. The Kier molecular flexibility index (Phi) is 3.69. The van der Waals surface area contributed by atoms with Crippen LogP contribution < -0.4 is 10.6 Å². The van der Waals surface area contributed by atoms with Gasteiger partial charge in [-0.1, -0.05) is 18.2 Å². The van der Waals surface area contributed by atoms with Gasteiger partial charge in [0.25, 0.3) is 0 Å². The third kappa shape index (κ3) is 2.31. The fraction of sp³-hybridized carbons (Fsp3) is 0.571. The van der Waals surface area contributed by atoms with E-state index >= 15 is 0 Å². The van der Waals surface area contributed by atoms with Gasteiger partial charge in [0.1, 0.15) is 0 Å². The first kappa shape index (κ1) is 12.4. The molecule has 1 fully saturated rings. The molecule has 0 radical (unpaired) electrons. The predicted molar refractivity (Wildman–Crippen MR) is 71.4 cm³/mol. The number of nitrogens with zero attached hydrogens (tertiary/aromatic N) is 1. The molecule has 1 aliphatic heterocycles. The maximum absolute atomic E-state index is 6.00. The monoisotopic (exact) mass is 234 g/mol. The maximum atomic E-state index is 6.00. The zero-order chi connectivity index (χ0) is 12.3. The SMILES string of the molecule is Cc1ccccc1N(C)C1(CN)CCCOC1. The summed E-state index contributed by atoms with van der Waals surface area (Å²) < 4.78 is 5.64. The Morgan fingerprint density at radius 2 is 2.18 bits per heavy atom. The Bertz CT molecular complexity index is 372. The number of para-hydroxylation sites is 1. The van der Waals surface area contributed by atoms with Crippen LogP contribution in [0.15, 0.2) is 24.3 Å². The molecule has 1 aromatic rings. The molecule has 94 valence electrons. The highest BCUT2D eigenvalue weighted by atomic mass is 16.5. The molecule has 0 aromatic heterocycles. The summed E-state index contributed by atoms with van der Waals surface area (Å²) in [5.74, 6) is 0. The minimum Gasteiger partial charge on any atom is -0.379 e. The fourth-order valence-electron chi connectivity index (χ4n) is 2.60. The van der Waals surface area contributed by atoms with E-state index in [1.54, 1.807) is 0 Å². The summed E-state index contributed by atoms with van der Waals surface area (Å²) in [6, 6.07) is 8.44. The van der Waals surface area contributed by atoms with Crippen LogP contribution in [0.3, 0.4) is 0 Å². The van der Waals surface area contributed by atoms with Crippen LogP contribution >= 0.6 is 0 Å². The number of hydrogen-bond donors (Lipinski definition) is 1. The van der Waals surface area contributed by atoms with E-state index in [-0.39, 0.29) is 5.54 Å². The van der Waals surface area contributed by atoms with E-state index in [0.717, 1.165) is 26.1 Å². The van der Waals surface area contributed by atoms with Gasteiger partial charge >= 0.3 is 0 Å². The molecule has 3 nitrogen and oxygen atoms in total. The van der Waals surface area contributed by atoms with Gasteiger partial charge in [-0.3, -0.25) is 0 Å². The molecule has 0 amide bonds. The Morgan fingerprint density at radius 1 is 1.41 bits per heavy atom. The van der Waals surface area contributed by atoms with Crippen LogP contribution in [0.1, 0.15) is 18.4 Å². The number of anilines is 1. The summed E-state index contributed by atoms with van der Waals surface area (Å²) >= 11 is 0. The van der Waals surface area contributed by atoms with Crippen molar-refractivity contribution in [3.8, 4) is 0 Å². The van der Waals surface area contributed by atoms with Crippen LogP contribution in [-0.2, 0) is 4.74 Å². The highest BCUT2D eigenvalue weighted by Crippen LogP contribution is 2.30. The first-order valence-electron chi connectivity index (χ1n) is 6.27. The molecule has 0 bridgehead atoms. The summed E-state index contributed by atoms with van der Waals surface area (Å²) in [6.45, 7) is 4.37. The molecule has 0 aliphatic carbocycles. The smallest absolute Gasteiger partial charge is 0.0754 e. The van der Waals surface area contributed by atoms with E-state index in [1.165, 1.54) is 11.3 Å². The summed E-state index contributed by atoms with van der Waals surface area (Å²) in [4.78, 5) is 2.31. The Hall–Kier alpha value is -1.06. The number of benzene rings is 1. The lowest BCUT2D eigenvalue weighted by Gasteiger charge is -2.45. The molecule has 17 heavy (non-hydrogen) atoms. The van der Waals surface area contributed by atoms with Crippen LogP contribution in [-0.4, -0.2) is 32.3 Å². The van der Waals surface area contributed by atoms with Crippen molar-refractivity contribution in [3.63, 3.8) is 0 Å². The molecule has 1 aromatic carbocycles. The zero-order valence-electron chi connectivity index (χ0n) is 10.8. The lowest BCUT2D eigenvalue weighted by molar-refractivity contribution is 0.0395. The van der Waals surface area contributed by atoms with Crippen molar-refractivity contribution in [2.24, 2.45) is 5.73 Å². The topological polar surface area (TPSA) is 38.5 Å². The van der Waals surface area contributed by atoms with Crippen molar-refractivity contribution in [1.29, 1.82) is 0 Å². The Labute approximate surface area is 104 Å². The molecule has 0 saturated carbocycles. The van der Waals surface area contributed by atoms with Crippen LogP contribution in [0.2, 0.25) is 0 Å². The van der Waals surface area contributed by atoms with Crippen LogP contribution in [0.25, 0.3) is 0 Å². The lowest BCUT2D eigenvalue weighted by atomic mass is 9.90. The molecule has 1 heterocycles. The van der Waals surface area contributed by atoms with E-state index < -0.39 is 0 Å². The third-order valence-electron chi connectivity index (χ3n) is 3.87. The predicted octanol–water partition coefficient (Wildman–Crippen LogP) is 1.94. The van der Waals surface area contributed by atoms with Crippen molar-refractivity contribution < 1.29 is 4.74 Å². The normalized spacial score (nSPS) is 24.6. The van der Waals surface area contributed by atoms with Crippen LogP contribution in [0.5, 0.6) is 0 Å². The minimum atomic E-state index is -0.0373. The molecule has 2 rings (SSSR count). The van der Waals surface area contributed by atoms with Crippen molar-refractivity contribution in [1.82, 2.24) is 0 Å². The largest absolute Gasteiger partial charge is 0.379 e. The molecule has 1 atom stereocenters. The van der Waals surface area contributed by atoms with Crippen LogP contribution in [0.4, 0.5) is 5.69 Å². The second-order valence-electron chi connectivity index (χ2n) is 4.93. The van der Waals surface area contributed by atoms with Crippen molar-refractivity contribution in [2.75, 3.05) is 31.7 Å². The molecule has 2 N–H and O–H groups in total. The first-order chi connectivity index (χ1) is 8.19. The lowest BCUT2D eigenvalue weighted by Crippen LogP contribution is -2.57. The van der Waals surface area contributed by atoms with E-state index in [2.05, 4.69) is 43.1 Å². The minimum absolute atomic E-state index is 0.0373. The van der Waals surface area contributed by atoms with Crippen molar-refractivity contribution in [2.45, 2.75) is 25.3 Å². The first-order valence-corrected chi connectivity index (χ1v) is 6.27. The van der Waals surface area contributed by atoms with Gasteiger partial charge in [0, 0.05) is 25.9 Å². The third-order valence-corrected chi connectivity index (χ3v) is 3.87. The number of nitrogens with two attached hydrogens (primary N) is 1. The average molecular weight is 234 g/mol. The number of ether oxygens (including phenoxy) is 1. The maximum Gasteiger partial charge on any atom is 0.0754 e. The molecular formula is C14H22N2O. The van der Waals surface area contributed by atoms with E-state index in [1.807, 2.05) is 0 Å². The molecule has 1 saturated heterocycles. The van der Waals surface area contributed by atoms with Gasteiger partial charge < -0.3 is 15.4 Å². The van der Waals surface area contributed by atoms with E-state index in [4.69, 9.17) is 10.5 Å². The van der Waals surface area contributed by atoms with E-state index in [0.29, 0.717) is 6.54 Å². The quantitative estimate of drug-likeness (QED) is 0.868. The van der Waals surface area contributed by atoms with Gasteiger partial charge in [-0.05, 0) is 31.4 Å². The second-order valence-corrected chi connectivity index (χ2v) is 4.93. The van der Waals surface area contributed by atoms with Crippen molar-refractivity contribution >= 4 is 5.69 Å². The highest BCUT2D eigenvalue weighted by Gasteiger charge is 2.36. The van der Waals surface area contributed by atoms with Gasteiger partial charge in [0.2, 0.25) is 0 Å². The number of rotatable bonds is 3. The highest BCUT2D eigenvalue weighted by molar-refractivity contribution is 5.54. The summed E-state index contributed by atoms with van der Waals surface area (Å²) in [5.41, 5.74) is 8.51. The van der Waals surface area contributed by atoms with Gasteiger partial charge in [-0.25, -0.2) is 0 Å². The average Bonchev–Trinajstić information content (AvgIpc) is 2.39. The summed E-state index contributed by atoms with van der Waals surface area (Å²) in [5, 5.41) is 0. The summed E-state index contributed by atoms with van der Waals surface area (Å²) in [7, 11) is 2.13. The van der Waals surface area contributed by atoms with Crippen molar-refractivity contribution in [3.05, 3.63) is 29.8 Å². The van der Waals surface area contributed by atoms with Crippen LogP contribution in [0, 0.1) is 6.92 Å².